The lowest BCUT2D eigenvalue weighted by atomic mass is 10.00. The first kappa shape index (κ1) is 19.4. The van der Waals surface area contributed by atoms with Crippen LogP contribution in [0.15, 0.2) is 47.4 Å². The molecule has 9 heteroatoms. The van der Waals surface area contributed by atoms with Crippen molar-refractivity contribution < 1.29 is 22.7 Å². The van der Waals surface area contributed by atoms with E-state index in [2.05, 4.69) is 5.32 Å². The van der Waals surface area contributed by atoms with Crippen LogP contribution in [-0.2, 0) is 6.42 Å². The lowest BCUT2D eigenvalue weighted by Gasteiger charge is -2.31. The predicted molar refractivity (Wildman–Crippen MR) is 97.4 cm³/mol. The summed E-state index contributed by atoms with van der Waals surface area (Å²) < 4.78 is 42.9. The van der Waals surface area contributed by atoms with Crippen molar-refractivity contribution in [1.82, 2.24) is 5.32 Å². The number of anilines is 1. The lowest BCUT2D eigenvalue weighted by Crippen LogP contribution is -2.62. The minimum atomic E-state index is -4.38. The number of halogens is 3. The summed E-state index contributed by atoms with van der Waals surface area (Å²) in [6, 6.07) is 10.4. The van der Waals surface area contributed by atoms with Gasteiger partial charge in [0.2, 0.25) is 0 Å². The Morgan fingerprint density at radius 2 is 1.89 bits per heavy atom. The number of carbonyl (C=O) groups excluding carboxylic acids is 1. The molecule has 0 fully saturated rings. The first-order chi connectivity index (χ1) is 12.5. The van der Waals surface area contributed by atoms with Crippen LogP contribution in [0, 0.1) is 0 Å². The number of ether oxygens (including phenoxy) is 1. The van der Waals surface area contributed by atoms with Crippen molar-refractivity contribution in [3.05, 3.63) is 53.6 Å². The van der Waals surface area contributed by atoms with Crippen LogP contribution in [0.2, 0.25) is 0 Å². The zero-order valence-corrected chi connectivity index (χ0v) is 15.2. The van der Waals surface area contributed by atoms with Crippen LogP contribution in [0.25, 0.3) is 0 Å². The molecule has 5 N–H and O–H groups in total. The second-order valence-corrected chi connectivity index (χ2v) is 7.63. The molecule has 1 aliphatic rings. The highest BCUT2D eigenvalue weighted by molar-refractivity contribution is 8.00. The number of alkyl halides is 3. The molecule has 3 rings (SSSR count). The highest BCUT2D eigenvalue weighted by Crippen LogP contribution is 2.37. The van der Waals surface area contributed by atoms with E-state index in [4.69, 9.17) is 16.2 Å². The summed E-state index contributed by atoms with van der Waals surface area (Å²) in [5, 5.41) is 2.69. The predicted octanol–water partition coefficient (Wildman–Crippen LogP) is 3.29. The van der Waals surface area contributed by atoms with Crippen molar-refractivity contribution in [2.24, 2.45) is 5.73 Å². The quantitative estimate of drug-likeness (QED) is 0.418. The molecule has 0 radical (unpaired) electrons. The van der Waals surface area contributed by atoms with Gasteiger partial charge in [-0.2, -0.15) is 13.2 Å². The summed E-state index contributed by atoms with van der Waals surface area (Å²) in [4.78, 5) is 12.4. The van der Waals surface area contributed by atoms with E-state index in [1.165, 1.54) is 24.3 Å². The second kappa shape index (κ2) is 6.97. The molecule has 0 saturated heterocycles. The Kier molecular flexibility index (Phi) is 5.00. The van der Waals surface area contributed by atoms with Crippen molar-refractivity contribution in [2.45, 2.75) is 35.5 Å². The number of nitrogen functional groups attached to an aromatic ring is 1. The van der Waals surface area contributed by atoms with Gasteiger partial charge in [-0.25, -0.2) is 0 Å². The fraction of sp³-hybridized carbons (Fsp3) is 0.278. The third-order valence-electron chi connectivity index (χ3n) is 4.16. The monoisotopic (exact) mass is 397 g/mol. The Balaban J connectivity index is 1.66. The molecule has 0 spiro atoms. The van der Waals surface area contributed by atoms with Gasteiger partial charge < -0.3 is 21.5 Å². The van der Waals surface area contributed by atoms with E-state index < -0.39 is 23.2 Å². The van der Waals surface area contributed by atoms with Crippen molar-refractivity contribution in [1.29, 1.82) is 0 Å². The van der Waals surface area contributed by atoms with Crippen LogP contribution < -0.4 is 21.5 Å². The van der Waals surface area contributed by atoms with Crippen molar-refractivity contribution >= 4 is 23.4 Å². The summed E-state index contributed by atoms with van der Waals surface area (Å²) in [5.41, 5.74) is 8.16. The van der Waals surface area contributed by atoms with Gasteiger partial charge in [-0.15, -0.1) is 0 Å². The van der Waals surface area contributed by atoms with E-state index in [-0.39, 0.29) is 22.2 Å². The van der Waals surface area contributed by atoms with E-state index >= 15 is 0 Å². The molecule has 1 amide bonds. The smallest absolute Gasteiger partial charge is 0.446 e. The first-order valence-electron chi connectivity index (χ1n) is 8.06. The van der Waals surface area contributed by atoms with E-state index in [1.54, 1.807) is 25.1 Å². The van der Waals surface area contributed by atoms with E-state index in [1.807, 2.05) is 0 Å². The molecule has 0 saturated carbocycles. The van der Waals surface area contributed by atoms with Gasteiger partial charge in [-0.05, 0) is 66.7 Å². The van der Waals surface area contributed by atoms with Gasteiger partial charge in [0.05, 0.1) is 0 Å². The van der Waals surface area contributed by atoms with Crippen molar-refractivity contribution in [3.8, 4) is 5.75 Å². The Morgan fingerprint density at radius 1 is 1.22 bits per heavy atom. The van der Waals surface area contributed by atoms with Gasteiger partial charge in [-0.3, -0.25) is 4.79 Å². The number of hydrogen-bond acceptors (Lipinski definition) is 5. The molecule has 1 aliphatic heterocycles. The highest BCUT2D eigenvalue weighted by Gasteiger charge is 2.38. The Bertz CT molecular complexity index is 854. The van der Waals surface area contributed by atoms with E-state index in [9.17, 15) is 18.0 Å². The standard InChI is InChI=1S/C18H18F3N3O2S/c1-17(23,15-9-11-8-12(22)4-7-14(11)26-15)24-16(25)10-2-5-13(6-3-10)27-18(19,20)21/h2-8,15H,9,22-23H2,1H3,(H,24,25). The van der Waals surface area contributed by atoms with Gasteiger partial charge in [0, 0.05) is 22.6 Å². The fourth-order valence-electron chi connectivity index (χ4n) is 2.81. The second-order valence-electron chi connectivity index (χ2n) is 6.49. The molecular weight excluding hydrogens is 379 g/mol. The topological polar surface area (TPSA) is 90.4 Å². The van der Waals surface area contributed by atoms with Crippen molar-refractivity contribution in [3.63, 3.8) is 0 Å². The fourth-order valence-corrected chi connectivity index (χ4v) is 3.35. The number of nitrogens with one attached hydrogen (secondary N) is 1. The Morgan fingerprint density at radius 3 is 2.52 bits per heavy atom. The van der Waals surface area contributed by atoms with Gasteiger partial charge in [-0.1, -0.05) is 0 Å². The number of thioether (sulfide) groups is 1. The average Bonchev–Trinajstić information content (AvgIpc) is 2.97. The molecule has 5 nitrogen and oxygen atoms in total. The van der Waals surface area contributed by atoms with Gasteiger partial charge in [0.25, 0.3) is 5.91 Å². The molecule has 2 unspecified atom stereocenters. The SMILES string of the molecule is CC(N)(NC(=O)c1ccc(SC(F)(F)F)cc1)C1Cc2cc(N)ccc2O1. The average molecular weight is 397 g/mol. The summed E-state index contributed by atoms with van der Waals surface area (Å²) in [6.45, 7) is 1.62. The van der Waals surface area contributed by atoms with Crippen LogP contribution in [0.1, 0.15) is 22.8 Å². The molecule has 0 aliphatic carbocycles. The van der Waals surface area contributed by atoms with E-state index in [0.717, 1.165) is 5.56 Å². The van der Waals surface area contributed by atoms with Gasteiger partial charge in [0.1, 0.15) is 17.5 Å². The Labute approximate surface area is 158 Å². The number of amides is 1. The zero-order chi connectivity index (χ0) is 19.8. The van der Waals surface area contributed by atoms with Gasteiger partial charge in [0.15, 0.2) is 0 Å². The number of rotatable bonds is 4. The number of nitrogens with two attached hydrogens (primary N) is 2. The molecule has 0 bridgehead atoms. The summed E-state index contributed by atoms with van der Waals surface area (Å²) >= 11 is -0.238. The molecule has 2 aromatic rings. The van der Waals surface area contributed by atoms with Crippen LogP contribution in [0.4, 0.5) is 18.9 Å². The maximum atomic E-state index is 12.4. The number of hydrogen-bond donors (Lipinski definition) is 3. The summed E-state index contributed by atoms with van der Waals surface area (Å²) in [7, 11) is 0. The molecule has 27 heavy (non-hydrogen) atoms. The normalized spacial score (nSPS) is 18.3. The number of fused-ring (bicyclic) bond motifs is 1. The van der Waals surface area contributed by atoms with Crippen LogP contribution in [-0.4, -0.2) is 23.2 Å². The first-order valence-corrected chi connectivity index (χ1v) is 8.87. The molecule has 0 aromatic heterocycles. The zero-order valence-electron chi connectivity index (χ0n) is 14.3. The molecule has 1 heterocycles. The van der Waals surface area contributed by atoms with E-state index in [0.29, 0.717) is 17.9 Å². The minimum absolute atomic E-state index is 0.00160. The highest BCUT2D eigenvalue weighted by atomic mass is 32.2. The third-order valence-corrected chi connectivity index (χ3v) is 4.90. The van der Waals surface area contributed by atoms with Crippen LogP contribution in [0.5, 0.6) is 5.75 Å². The van der Waals surface area contributed by atoms with Gasteiger partial charge >= 0.3 is 5.51 Å². The summed E-state index contributed by atoms with van der Waals surface area (Å²) in [5.74, 6) is 0.163. The number of benzene rings is 2. The minimum Gasteiger partial charge on any atom is -0.486 e. The Hall–Kier alpha value is -2.39. The maximum Gasteiger partial charge on any atom is 0.446 e. The summed E-state index contributed by atoms with van der Waals surface area (Å²) in [6.07, 6.45) is -0.0206. The number of carbonyl (C=O) groups is 1. The largest absolute Gasteiger partial charge is 0.486 e. The molecule has 2 aromatic carbocycles. The lowest BCUT2D eigenvalue weighted by molar-refractivity contribution is -0.0328. The maximum absolute atomic E-state index is 12.4. The third kappa shape index (κ3) is 4.67. The molecule has 144 valence electrons. The van der Waals surface area contributed by atoms with Crippen molar-refractivity contribution in [2.75, 3.05) is 5.73 Å². The van der Waals surface area contributed by atoms with Crippen LogP contribution >= 0.6 is 11.8 Å². The molecule has 2 atom stereocenters. The molecular formula is C18H18F3N3O2S. The van der Waals surface area contributed by atoms with Crippen LogP contribution in [0.3, 0.4) is 0 Å².